The molecule has 0 fully saturated rings. The zero-order chi connectivity index (χ0) is 59.3. The Morgan fingerprint density at radius 3 is 0.904 bits per heavy atom. The molecule has 0 heterocycles. The first-order valence-electron chi connectivity index (χ1n) is 34.6. The third-order valence-electron chi connectivity index (χ3n) is 17.2. The molecule has 0 unspecified atom stereocenters. The van der Waals surface area contributed by atoms with Gasteiger partial charge in [0.05, 0.1) is 37.4 Å². The topological polar surface area (TPSA) is 100 Å². The summed E-state index contributed by atoms with van der Waals surface area (Å²) in [5, 5.41) is 27.2. The molecule has 4 rings (SSSR count). The fourth-order valence-corrected chi connectivity index (χ4v) is 12.0. The average molecular weight is 1150 g/mol. The Hall–Kier alpha value is -4.56. The largest absolute Gasteiger partial charge is 0.496 e. The van der Waals surface area contributed by atoms with Gasteiger partial charge in [-0.05, 0) is 90.9 Å². The van der Waals surface area contributed by atoms with E-state index in [1.807, 2.05) is 79.7 Å². The molecule has 0 aliphatic carbocycles. The van der Waals surface area contributed by atoms with E-state index in [9.17, 15) is 15.2 Å². The van der Waals surface area contributed by atoms with E-state index in [-0.39, 0.29) is 16.2 Å². The number of aryl methyl sites for hydroxylation is 1. The van der Waals surface area contributed by atoms with Crippen LogP contribution in [0.25, 0.3) is 11.1 Å². The van der Waals surface area contributed by atoms with Crippen LogP contribution in [0.5, 0.6) is 23.0 Å². The molecular formula is C75H119NO7. The number of aliphatic hydroxyl groups is 1. The molecule has 0 atom stereocenters. The molecule has 0 aromatic heterocycles. The molecule has 466 valence electrons. The van der Waals surface area contributed by atoms with Gasteiger partial charge in [-0.2, -0.15) is 0 Å². The van der Waals surface area contributed by atoms with Crippen LogP contribution in [0, 0.1) is 17.0 Å². The van der Waals surface area contributed by atoms with Gasteiger partial charge in [0.2, 0.25) is 0 Å². The summed E-state index contributed by atoms with van der Waals surface area (Å²) in [6.07, 6.45) is 54.7. The Morgan fingerprint density at radius 1 is 0.398 bits per heavy atom. The number of ether oxygens (including phenoxy) is 4. The lowest BCUT2D eigenvalue weighted by atomic mass is 9.77. The molecule has 0 radical (unpaired) electrons. The van der Waals surface area contributed by atoms with Crippen LogP contribution < -0.4 is 18.9 Å². The van der Waals surface area contributed by atoms with E-state index in [0.717, 1.165) is 38.5 Å². The quantitative estimate of drug-likeness (QED) is 0.0203. The summed E-state index contributed by atoms with van der Waals surface area (Å²) in [4.78, 5) is 13.3. The van der Waals surface area contributed by atoms with Gasteiger partial charge in [-0.25, -0.2) is 0 Å². The molecule has 0 bridgehead atoms. The van der Waals surface area contributed by atoms with E-state index in [0.29, 0.717) is 70.6 Å². The second-order valence-electron chi connectivity index (χ2n) is 24.4. The zero-order valence-corrected chi connectivity index (χ0v) is 53.7. The zero-order valence-electron chi connectivity index (χ0n) is 53.7. The summed E-state index contributed by atoms with van der Waals surface area (Å²) in [7, 11) is 1.55. The predicted molar refractivity (Wildman–Crippen MR) is 352 cm³/mol. The highest BCUT2D eigenvalue weighted by molar-refractivity contribution is 5.84. The van der Waals surface area contributed by atoms with Crippen molar-refractivity contribution in [3.63, 3.8) is 0 Å². The van der Waals surface area contributed by atoms with Crippen molar-refractivity contribution < 1.29 is 29.0 Å². The first kappa shape index (κ1) is 70.9. The number of unbranched alkanes of at least 4 members (excludes halogenated alkanes) is 39. The lowest BCUT2D eigenvalue weighted by Gasteiger charge is -2.31. The minimum Gasteiger partial charge on any atom is -0.496 e. The Morgan fingerprint density at radius 2 is 0.651 bits per heavy atom. The van der Waals surface area contributed by atoms with E-state index in [1.165, 1.54) is 231 Å². The normalized spacial score (nSPS) is 11.6. The molecule has 4 aromatic rings. The third kappa shape index (κ3) is 28.5. The van der Waals surface area contributed by atoms with Gasteiger partial charge < -0.3 is 24.1 Å². The van der Waals surface area contributed by atoms with E-state index >= 15 is 0 Å². The molecule has 4 aromatic carbocycles. The van der Waals surface area contributed by atoms with Crippen LogP contribution in [-0.2, 0) is 5.60 Å². The molecule has 8 heteroatoms. The van der Waals surface area contributed by atoms with Crippen LogP contribution in [-0.4, -0.2) is 37.0 Å². The molecule has 0 amide bonds. The molecule has 8 nitrogen and oxygen atoms in total. The molecule has 83 heavy (non-hydrogen) atoms. The maximum atomic E-state index is 13.7. The number of rotatable bonds is 54. The molecular weight excluding hydrogens is 1030 g/mol. The summed E-state index contributed by atoms with van der Waals surface area (Å²) < 4.78 is 24.7. The Balaban J connectivity index is 1.41. The van der Waals surface area contributed by atoms with Crippen molar-refractivity contribution >= 4 is 5.69 Å². The van der Waals surface area contributed by atoms with E-state index < -0.39 is 5.60 Å². The molecule has 0 saturated heterocycles. The SMILES string of the molecule is CCCCCCCCCCCCCCCCOc1ccc(-c2c(OC)c(C)cc(C(O)(c3ccc(OCCCCCCCCCCCCCCCC)cc3)c3ccc(OCCCCCCCCCCCCCCCC)cc3)c2[N+](=O)[O-])cc1. The molecule has 0 spiro atoms. The van der Waals surface area contributed by atoms with Gasteiger partial charge in [0.15, 0.2) is 0 Å². The number of benzene rings is 4. The summed E-state index contributed by atoms with van der Waals surface area (Å²) >= 11 is 0. The number of nitro benzene ring substituents is 1. The monoisotopic (exact) mass is 1150 g/mol. The van der Waals surface area contributed by atoms with Crippen LogP contribution in [0.4, 0.5) is 5.69 Å². The Labute approximate surface area is 507 Å². The van der Waals surface area contributed by atoms with E-state index in [2.05, 4.69) is 20.8 Å². The minimum absolute atomic E-state index is 0.154. The second kappa shape index (κ2) is 45.8. The van der Waals surface area contributed by atoms with Crippen molar-refractivity contribution in [3.05, 3.63) is 111 Å². The van der Waals surface area contributed by atoms with Gasteiger partial charge >= 0.3 is 0 Å². The number of nitrogens with zero attached hydrogens (tertiary/aromatic N) is 1. The maximum absolute atomic E-state index is 13.7. The number of methoxy groups -OCH3 is 1. The summed E-state index contributed by atoms with van der Waals surface area (Å²) in [5.41, 5.74) is 0.552. The Bertz CT molecular complexity index is 2130. The summed E-state index contributed by atoms with van der Waals surface area (Å²) in [6.45, 7) is 10.6. The molecule has 1 N–H and O–H groups in total. The van der Waals surface area contributed by atoms with E-state index in [1.54, 1.807) is 13.2 Å². The highest BCUT2D eigenvalue weighted by Gasteiger charge is 2.43. The standard InChI is InChI=1S/C75H119NO7/c1-6-9-12-15-18-21-24-27-30-33-36-39-42-45-60-81-68-54-48-65(49-55-68)72-73(76(78)79)71(63-64(4)74(72)80-5)75(77,66-50-56-69(57-51-66)82-61-46-43-40-37-34-31-28-25-22-19-16-13-10-7-2)67-52-58-70(59-53-67)83-62-47-44-41-38-35-32-29-26-23-20-17-14-11-8-3/h48-59,63,77H,6-47,60-62H2,1-5H3. The molecule has 0 aliphatic heterocycles. The van der Waals surface area contributed by atoms with Gasteiger partial charge in [0, 0.05) is 0 Å². The Kier molecular flexibility index (Phi) is 39.1. The first-order valence-corrected chi connectivity index (χ1v) is 34.6. The molecule has 0 saturated carbocycles. The smallest absolute Gasteiger partial charge is 0.287 e. The van der Waals surface area contributed by atoms with Crippen LogP contribution in [0.1, 0.15) is 313 Å². The van der Waals surface area contributed by atoms with Gasteiger partial charge in [0.25, 0.3) is 5.69 Å². The van der Waals surface area contributed by atoms with Crippen LogP contribution in [0.15, 0.2) is 78.9 Å². The summed E-state index contributed by atoms with van der Waals surface area (Å²) in [5.74, 6) is 2.50. The van der Waals surface area contributed by atoms with Gasteiger partial charge in [-0.3, -0.25) is 10.1 Å². The lowest BCUT2D eigenvalue weighted by Crippen LogP contribution is -2.30. The number of hydrogen-bond acceptors (Lipinski definition) is 7. The maximum Gasteiger partial charge on any atom is 0.287 e. The fourth-order valence-electron chi connectivity index (χ4n) is 12.0. The molecule has 0 aliphatic rings. The first-order chi connectivity index (χ1) is 40.8. The van der Waals surface area contributed by atoms with Crippen molar-refractivity contribution in [2.45, 2.75) is 303 Å². The van der Waals surface area contributed by atoms with Gasteiger partial charge in [-0.1, -0.05) is 308 Å². The number of hydrogen-bond donors (Lipinski definition) is 1. The van der Waals surface area contributed by atoms with Crippen LogP contribution in [0.2, 0.25) is 0 Å². The van der Waals surface area contributed by atoms with Crippen LogP contribution >= 0.6 is 0 Å². The minimum atomic E-state index is -1.94. The van der Waals surface area contributed by atoms with Gasteiger partial charge in [-0.15, -0.1) is 0 Å². The third-order valence-corrected chi connectivity index (χ3v) is 17.2. The van der Waals surface area contributed by atoms with Crippen molar-refractivity contribution in [2.24, 2.45) is 0 Å². The highest BCUT2D eigenvalue weighted by atomic mass is 16.6. The van der Waals surface area contributed by atoms with Gasteiger partial charge in [0.1, 0.15) is 34.2 Å². The lowest BCUT2D eigenvalue weighted by molar-refractivity contribution is -0.385. The van der Waals surface area contributed by atoms with Crippen molar-refractivity contribution in [1.82, 2.24) is 0 Å². The fraction of sp³-hybridized carbons (Fsp3) is 0.680. The van der Waals surface area contributed by atoms with Crippen molar-refractivity contribution in [2.75, 3.05) is 26.9 Å². The van der Waals surface area contributed by atoms with E-state index in [4.69, 9.17) is 18.9 Å². The summed E-state index contributed by atoms with van der Waals surface area (Å²) in [6, 6.07) is 24.1. The highest BCUT2D eigenvalue weighted by Crippen LogP contribution is 2.50. The second-order valence-corrected chi connectivity index (χ2v) is 24.4. The van der Waals surface area contributed by atoms with Crippen molar-refractivity contribution in [3.8, 4) is 34.1 Å². The predicted octanol–water partition coefficient (Wildman–Crippen LogP) is 23.4. The van der Waals surface area contributed by atoms with Crippen molar-refractivity contribution in [1.29, 1.82) is 0 Å². The average Bonchev–Trinajstić information content (AvgIpc) is 3.57. The van der Waals surface area contributed by atoms with Crippen LogP contribution in [0.3, 0.4) is 0 Å². The number of nitro groups is 1.